The summed E-state index contributed by atoms with van der Waals surface area (Å²) in [5, 5.41) is 0. The maximum absolute atomic E-state index is 12.6. The van der Waals surface area contributed by atoms with E-state index < -0.39 is 17.3 Å². The Labute approximate surface area is 131 Å². The zero-order chi connectivity index (χ0) is 16.9. The van der Waals surface area contributed by atoms with Gasteiger partial charge in [-0.25, -0.2) is 0 Å². The number of rotatable bonds is 6. The molecule has 0 aliphatic rings. The number of halogens is 3. The van der Waals surface area contributed by atoms with Gasteiger partial charge in [-0.3, -0.25) is 4.79 Å². The van der Waals surface area contributed by atoms with Gasteiger partial charge in [0.1, 0.15) is 18.1 Å². The van der Waals surface area contributed by atoms with Crippen LogP contribution in [0, 0.1) is 0 Å². The lowest BCUT2D eigenvalue weighted by atomic mass is 10.3. The van der Waals surface area contributed by atoms with Gasteiger partial charge in [-0.1, -0.05) is 0 Å². The lowest BCUT2D eigenvalue weighted by molar-refractivity contribution is -0.138. The number of pyridine rings is 1. The standard InChI is InChI=1S/C16H16F3NO3/c1-2-22-13-4-6-14(7-5-13)23-10-9-20-11-12(16(17,18)19)3-8-15(20)21/h3-8,11H,2,9-10H2,1H3. The fourth-order valence-corrected chi connectivity index (χ4v) is 1.93. The molecule has 0 aliphatic heterocycles. The number of alkyl halides is 3. The molecule has 0 aliphatic carbocycles. The average molecular weight is 327 g/mol. The van der Waals surface area contributed by atoms with Gasteiger partial charge in [0.25, 0.3) is 5.56 Å². The Hall–Kier alpha value is -2.44. The Morgan fingerprint density at radius 3 is 2.17 bits per heavy atom. The smallest absolute Gasteiger partial charge is 0.417 e. The predicted octanol–water partition coefficient (Wildman–Crippen LogP) is 3.34. The summed E-state index contributed by atoms with van der Waals surface area (Å²) in [6.07, 6.45) is -3.69. The third-order valence-electron chi connectivity index (χ3n) is 3.05. The summed E-state index contributed by atoms with van der Waals surface area (Å²) < 4.78 is 49.6. The fourth-order valence-electron chi connectivity index (χ4n) is 1.93. The van der Waals surface area contributed by atoms with E-state index in [1.165, 1.54) is 0 Å². The molecule has 2 aromatic rings. The first-order valence-corrected chi connectivity index (χ1v) is 7.03. The quantitative estimate of drug-likeness (QED) is 0.817. The molecule has 124 valence electrons. The van der Waals surface area contributed by atoms with Crippen molar-refractivity contribution < 1.29 is 22.6 Å². The molecule has 0 N–H and O–H groups in total. The van der Waals surface area contributed by atoms with Gasteiger partial charge in [0, 0.05) is 12.3 Å². The molecule has 0 fully saturated rings. The Kier molecular flexibility index (Phi) is 5.31. The molecule has 1 heterocycles. The minimum atomic E-state index is -4.48. The van der Waals surface area contributed by atoms with Crippen LogP contribution >= 0.6 is 0 Å². The average Bonchev–Trinajstić information content (AvgIpc) is 2.50. The number of benzene rings is 1. The molecule has 4 nitrogen and oxygen atoms in total. The van der Waals surface area contributed by atoms with Crippen LogP contribution in [0.1, 0.15) is 12.5 Å². The van der Waals surface area contributed by atoms with E-state index in [1.54, 1.807) is 24.3 Å². The topological polar surface area (TPSA) is 40.5 Å². The minimum absolute atomic E-state index is 0.0238. The summed E-state index contributed by atoms with van der Waals surface area (Å²) in [5.41, 5.74) is -1.37. The molecule has 1 aromatic heterocycles. The van der Waals surface area contributed by atoms with Crippen LogP contribution in [0.4, 0.5) is 13.2 Å². The molecule has 0 bridgehead atoms. The van der Waals surface area contributed by atoms with E-state index >= 15 is 0 Å². The molecule has 0 atom stereocenters. The maximum Gasteiger partial charge on any atom is 0.417 e. The van der Waals surface area contributed by atoms with E-state index in [1.807, 2.05) is 6.92 Å². The second-order valence-corrected chi connectivity index (χ2v) is 4.70. The number of ether oxygens (including phenoxy) is 2. The zero-order valence-corrected chi connectivity index (χ0v) is 12.5. The highest BCUT2D eigenvalue weighted by Crippen LogP contribution is 2.28. The highest BCUT2D eigenvalue weighted by Gasteiger charge is 2.30. The van der Waals surface area contributed by atoms with Crippen LogP contribution in [0.25, 0.3) is 0 Å². The zero-order valence-electron chi connectivity index (χ0n) is 12.5. The first kappa shape index (κ1) is 16.9. The molecule has 0 radical (unpaired) electrons. The van der Waals surface area contributed by atoms with Gasteiger partial charge in [0.2, 0.25) is 0 Å². The van der Waals surface area contributed by atoms with Crippen molar-refractivity contribution in [3.05, 3.63) is 58.5 Å². The van der Waals surface area contributed by atoms with Crippen LogP contribution in [-0.2, 0) is 12.7 Å². The van der Waals surface area contributed by atoms with Gasteiger partial charge < -0.3 is 14.0 Å². The summed E-state index contributed by atoms with van der Waals surface area (Å²) in [4.78, 5) is 11.6. The molecular weight excluding hydrogens is 311 g/mol. The van der Waals surface area contributed by atoms with Crippen molar-refractivity contribution in [2.24, 2.45) is 0 Å². The molecule has 0 amide bonds. The van der Waals surface area contributed by atoms with Gasteiger partial charge in [-0.15, -0.1) is 0 Å². The van der Waals surface area contributed by atoms with E-state index in [0.717, 1.165) is 22.9 Å². The molecule has 7 heteroatoms. The first-order valence-electron chi connectivity index (χ1n) is 7.03. The molecular formula is C16H16F3NO3. The molecule has 0 unspecified atom stereocenters. The van der Waals surface area contributed by atoms with Crippen molar-refractivity contribution in [3.63, 3.8) is 0 Å². The van der Waals surface area contributed by atoms with Crippen LogP contribution < -0.4 is 15.0 Å². The lowest BCUT2D eigenvalue weighted by Gasteiger charge is -2.11. The molecule has 0 saturated heterocycles. The van der Waals surface area contributed by atoms with Crippen molar-refractivity contribution in [1.82, 2.24) is 4.57 Å². The van der Waals surface area contributed by atoms with Crippen LogP contribution in [0.15, 0.2) is 47.4 Å². The summed E-state index contributed by atoms with van der Waals surface area (Å²) in [5.74, 6) is 1.25. The van der Waals surface area contributed by atoms with Crippen molar-refractivity contribution in [3.8, 4) is 11.5 Å². The van der Waals surface area contributed by atoms with Crippen LogP contribution in [0.5, 0.6) is 11.5 Å². The number of hydrogen-bond donors (Lipinski definition) is 0. The van der Waals surface area contributed by atoms with E-state index in [4.69, 9.17) is 9.47 Å². The normalized spacial score (nSPS) is 11.3. The lowest BCUT2D eigenvalue weighted by Crippen LogP contribution is -2.24. The Morgan fingerprint density at radius 2 is 1.61 bits per heavy atom. The van der Waals surface area contributed by atoms with Crippen LogP contribution in [0.2, 0.25) is 0 Å². The largest absolute Gasteiger partial charge is 0.494 e. The summed E-state index contributed by atoms with van der Waals surface area (Å²) in [6, 6.07) is 8.52. The van der Waals surface area contributed by atoms with Crippen molar-refractivity contribution in [2.75, 3.05) is 13.2 Å². The van der Waals surface area contributed by atoms with Gasteiger partial charge >= 0.3 is 6.18 Å². The van der Waals surface area contributed by atoms with E-state index in [2.05, 4.69) is 0 Å². The van der Waals surface area contributed by atoms with Gasteiger partial charge in [-0.2, -0.15) is 13.2 Å². The monoisotopic (exact) mass is 327 g/mol. The summed E-state index contributed by atoms with van der Waals surface area (Å²) in [6.45, 7) is 2.53. The second kappa shape index (κ2) is 7.21. The highest BCUT2D eigenvalue weighted by molar-refractivity contribution is 5.31. The van der Waals surface area contributed by atoms with E-state index in [-0.39, 0.29) is 13.2 Å². The number of hydrogen-bond acceptors (Lipinski definition) is 3. The molecule has 0 spiro atoms. The Morgan fingerprint density at radius 1 is 1.00 bits per heavy atom. The van der Waals surface area contributed by atoms with Crippen LogP contribution in [-0.4, -0.2) is 17.8 Å². The van der Waals surface area contributed by atoms with Gasteiger partial charge in [0.05, 0.1) is 18.7 Å². The Bertz CT molecular complexity index is 693. The number of aromatic nitrogens is 1. The van der Waals surface area contributed by atoms with Gasteiger partial charge in [-0.05, 0) is 37.3 Å². The van der Waals surface area contributed by atoms with Crippen LogP contribution in [0.3, 0.4) is 0 Å². The summed E-state index contributed by atoms with van der Waals surface area (Å²) >= 11 is 0. The highest BCUT2D eigenvalue weighted by atomic mass is 19.4. The predicted molar refractivity (Wildman–Crippen MR) is 78.8 cm³/mol. The number of nitrogens with zero attached hydrogens (tertiary/aromatic N) is 1. The van der Waals surface area contributed by atoms with Gasteiger partial charge in [0.15, 0.2) is 0 Å². The third kappa shape index (κ3) is 4.77. The maximum atomic E-state index is 12.6. The van der Waals surface area contributed by atoms with Crippen molar-refractivity contribution in [2.45, 2.75) is 19.6 Å². The van der Waals surface area contributed by atoms with E-state index in [9.17, 15) is 18.0 Å². The Balaban J connectivity index is 1.97. The fraction of sp³-hybridized carbons (Fsp3) is 0.312. The SMILES string of the molecule is CCOc1ccc(OCCn2cc(C(F)(F)F)ccc2=O)cc1. The van der Waals surface area contributed by atoms with Crippen molar-refractivity contribution >= 4 is 0 Å². The van der Waals surface area contributed by atoms with Crippen molar-refractivity contribution in [1.29, 1.82) is 0 Å². The molecule has 0 saturated carbocycles. The molecule has 2 rings (SSSR count). The first-order chi connectivity index (χ1) is 10.9. The van der Waals surface area contributed by atoms with E-state index in [0.29, 0.717) is 18.1 Å². The summed E-state index contributed by atoms with van der Waals surface area (Å²) in [7, 11) is 0. The minimum Gasteiger partial charge on any atom is -0.494 e. The third-order valence-corrected chi connectivity index (χ3v) is 3.05. The second-order valence-electron chi connectivity index (χ2n) is 4.70. The molecule has 1 aromatic carbocycles. The molecule has 23 heavy (non-hydrogen) atoms.